The molecule has 23 heavy (non-hydrogen) atoms. The summed E-state index contributed by atoms with van der Waals surface area (Å²) in [4.78, 5) is 11.7. The quantitative estimate of drug-likeness (QED) is 0.463. The minimum atomic E-state index is -0.307. The standard InChI is InChI=1S/C15H12Br2ClN3O2/c16-10-5-9(6-11(17)15(10)23)7-20-21-14(22)8-19-13-4-2-1-3-12(13)18/h1-7,19,23H,8H2,(H,21,22)/b20-7+. The molecule has 8 heteroatoms. The van der Waals surface area contributed by atoms with Gasteiger partial charge in [-0.2, -0.15) is 5.10 Å². The number of hydrogen-bond donors (Lipinski definition) is 3. The molecule has 0 bridgehead atoms. The van der Waals surface area contributed by atoms with E-state index in [4.69, 9.17) is 11.6 Å². The van der Waals surface area contributed by atoms with Crippen molar-refractivity contribution < 1.29 is 9.90 Å². The number of phenols is 1. The molecule has 0 aromatic heterocycles. The molecule has 2 aromatic rings. The van der Waals surface area contributed by atoms with Crippen LogP contribution in [0, 0.1) is 0 Å². The highest BCUT2D eigenvalue weighted by molar-refractivity contribution is 9.11. The van der Waals surface area contributed by atoms with Gasteiger partial charge in [0.15, 0.2) is 0 Å². The van der Waals surface area contributed by atoms with Gasteiger partial charge in [-0.3, -0.25) is 4.79 Å². The fraction of sp³-hybridized carbons (Fsp3) is 0.0667. The summed E-state index contributed by atoms with van der Waals surface area (Å²) in [7, 11) is 0. The molecule has 5 nitrogen and oxygen atoms in total. The Labute approximate surface area is 155 Å². The minimum Gasteiger partial charge on any atom is -0.506 e. The lowest BCUT2D eigenvalue weighted by atomic mass is 10.2. The molecule has 0 atom stereocenters. The van der Waals surface area contributed by atoms with E-state index in [2.05, 4.69) is 47.7 Å². The second-order valence-corrected chi connectivity index (χ2v) is 6.58. The highest BCUT2D eigenvalue weighted by Gasteiger charge is 2.05. The number of halogens is 3. The molecule has 0 saturated carbocycles. The molecule has 0 spiro atoms. The molecule has 0 saturated heterocycles. The van der Waals surface area contributed by atoms with Gasteiger partial charge in [0, 0.05) is 0 Å². The highest BCUT2D eigenvalue weighted by atomic mass is 79.9. The number of aromatic hydroxyl groups is 1. The predicted octanol–water partition coefficient (Wildman–Crippen LogP) is 4.13. The third-order valence-corrected chi connectivity index (χ3v) is 4.29. The molecule has 0 radical (unpaired) electrons. The van der Waals surface area contributed by atoms with Crippen LogP contribution in [0.25, 0.3) is 0 Å². The molecule has 2 aromatic carbocycles. The topological polar surface area (TPSA) is 73.7 Å². The number of hydrazone groups is 1. The fourth-order valence-corrected chi connectivity index (χ4v) is 3.08. The summed E-state index contributed by atoms with van der Waals surface area (Å²) >= 11 is 12.4. The Morgan fingerprint density at radius 1 is 1.26 bits per heavy atom. The molecule has 0 fully saturated rings. The van der Waals surface area contributed by atoms with Crippen LogP contribution in [0.15, 0.2) is 50.4 Å². The highest BCUT2D eigenvalue weighted by Crippen LogP contribution is 2.32. The van der Waals surface area contributed by atoms with E-state index in [0.717, 1.165) is 0 Å². The molecule has 0 aliphatic rings. The maximum Gasteiger partial charge on any atom is 0.259 e. The lowest BCUT2D eigenvalue weighted by Gasteiger charge is -2.06. The van der Waals surface area contributed by atoms with Crippen molar-refractivity contribution in [3.8, 4) is 5.75 Å². The number of anilines is 1. The number of hydrogen-bond acceptors (Lipinski definition) is 4. The summed E-state index contributed by atoms with van der Waals surface area (Å²) in [5.74, 6) is -0.201. The van der Waals surface area contributed by atoms with Gasteiger partial charge >= 0.3 is 0 Å². The first-order chi connectivity index (χ1) is 11.0. The number of nitrogens with one attached hydrogen (secondary N) is 2. The summed E-state index contributed by atoms with van der Waals surface area (Å²) in [6.45, 7) is 0.0457. The van der Waals surface area contributed by atoms with E-state index in [1.54, 1.807) is 24.3 Å². The van der Waals surface area contributed by atoms with Gasteiger partial charge in [0.25, 0.3) is 5.91 Å². The van der Waals surface area contributed by atoms with Crippen LogP contribution < -0.4 is 10.7 Å². The van der Waals surface area contributed by atoms with Gasteiger partial charge in [0.2, 0.25) is 0 Å². The number of para-hydroxylation sites is 1. The van der Waals surface area contributed by atoms with Gasteiger partial charge in [-0.1, -0.05) is 23.7 Å². The van der Waals surface area contributed by atoms with Crippen LogP contribution in [0.2, 0.25) is 5.02 Å². The number of nitrogens with zero attached hydrogens (tertiary/aromatic N) is 1. The molecule has 1 amide bonds. The molecule has 3 N–H and O–H groups in total. The van der Waals surface area contributed by atoms with E-state index in [1.165, 1.54) is 6.21 Å². The normalized spacial score (nSPS) is 10.7. The Morgan fingerprint density at radius 3 is 2.57 bits per heavy atom. The van der Waals surface area contributed by atoms with E-state index < -0.39 is 0 Å². The first-order valence-corrected chi connectivity index (χ1v) is 8.42. The van der Waals surface area contributed by atoms with Crippen LogP contribution in [-0.4, -0.2) is 23.8 Å². The zero-order chi connectivity index (χ0) is 16.8. The molecule has 2 rings (SSSR count). The van der Waals surface area contributed by atoms with Crippen molar-refractivity contribution in [2.24, 2.45) is 5.10 Å². The molecule has 0 aliphatic carbocycles. The van der Waals surface area contributed by atoms with Crippen LogP contribution in [-0.2, 0) is 4.79 Å². The second-order valence-electron chi connectivity index (χ2n) is 4.46. The number of carbonyl (C=O) groups excluding carboxylic acids is 1. The SMILES string of the molecule is O=C(CNc1ccccc1Cl)N/N=C/c1cc(Br)c(O)c(Br)c1. The second kappa shape index (κ2) is 8.33. The maximum atomic E-state index is 11.7. The smallest absolute Gasteiger partial charge is 0.259 e. The van der Waals surface area contributed by atoms with Crippen molar-refractivity contribution in [3.05, 3.63) is 55.9 Å². The van der Waals surface area contributed by atoms with E-state index in [-0.39, 0.29) is 18.2 Å². The summed E-state index contributed by atoms with van der Waals surface area (Å²) in [5.41, 5.74) is 3.80. The summed E-state index contributed by atoms with van der Waals surface area (Å²) in [6.07, 6.45) is 1.47. The van der Waals surface area contributed by atoms with Gasteiger partial charge in [0.05, 0.1) is 32.4 Å². The van der Waals surface area contributed by atoms with Crippen molar-refractivity contribution in [2.75, 3.05) is 11.9 Å². The molecule has 0 aliphatic heterocycles. The Balaban J connectivity index is 1.88. The minimum absolute atomic E-state index is 0.0457. The zero-order valence-electron chi connectivity index (χ0n) is 11.7. The Bertz CT molecular complexity index is 730. The van der Waals surface area contributed by atoms with Gasteiger partial charge in [-0.15, -0.1) is 0 Å². The van der Waals surface area contributed by atoms with Crippen LogP contribution in [0.3, 0.4) is 0 Å². The Morgan fingerprint density at radius 2 is 1.91 bits per heavy atom. The first kappa shape index (κ1) is 17.8. The number of rotatable bonds is 5. The lowest BCUT2D eigenvalue weighted by Crippen LogP contribution is -2.25. The van der Waals surface area contributed by atoms with Crippen molar-refractivity contribution in [3.63, 3.8) is 0 Å². The van der Waals surface area contributed by atoms with Crippen molar-refractivity contribution in [1.29, 1.82) is 0 Å². The average Bonchev–Trinajstić information content (AvgIpc) is 2.52. The van der Waals surface area contributed by atoms with Crippen LogP contribution in [0.5, 0.6) is 5.75 Å². The van der Waals surface area contributed by atoms with Crippen molar-refractivity contribution in [2.45, 2.75) is 0 Å². The lowest BCUT2D eigenvalue weighted by molar-refractivity contribution is -0.119. The van der Waals surface area contributed by atoms with Crippen LogP contribution >= 0.6 is 43.5 Å². The van der Waals surface area contributed by atoms with E-state index in [9.17, 15) is 9.90 Å². The average molecular weight is 462 g/mol. The molecule has 0 heterocycles. The summed E-state index contributed by atoms with van der Waals surface area (Å²) in [5, 5.41) is 17.0. The van der Waals surface area contributed by atoms with E-state index >= 15 is 0 Å². The van der Waals surface area contributed by atoms with E-state index in [0.29, 0.717) is 25.2 Å². The van der Waals surface area contributed by atoms with Crippen LogP contribution in [0.4, 0.5) is 5.69 Å². The van der Waals surface area contributed by atoms with Gasteiger partial charge in [-0.05, 0) is 61.7 Å². The zero-order valence-corrected chi connectivity index (χ0v) is 15.6. The number of amides is 1. The fourth-order valence-electron chi connectivity index (χ4n) is 1.66. The number of carbonyl (C=O) groups is 1. The molecule has 0 unspecified atom stereocenters. The van der Waals surface area contributed by atoms with Gasteiger partial charge < -0.3 is 10.4 Å². The summed E-state index contributed by atoms with van der Waals surface area (Å²) < 4.78 is 1.06. The molecule has 120 valence electrons. The van der Waals surface area contributed by atoms with Gasteiger partial charge in [-0.25, -0.2) is 5.43 Å². The third kappa shape index (κ3) is 5.23. The van der Waals surface area contributed by atoms with E-state index in [1.807, 2.05) is 12.1 Å². The van der Waals surface area contributed by atoms with Crippen molar-refractivity contribution in [1.82, 2.24) is 5.43 Å². The Kier molecular flexibility index (Phi) is 6.44. The third-order valence-electron chi connectivity index (χ3n) is 2.76. The Hall–Kier alpha value is -1.57. The van der Waals surface area contributed by atoms with Crippen LogP contribution in [0.1, 0.15) is 5.56 Å². The van der Waals surface area contributed by atoms with Crippen molar-refractivity contribution >= 4 is 61.3 Å². The number of benzene rings is 2. The maximum absolute atomic E-state index is 11.7. The monoisotopic (exact) mass is 459 g/mol. The predicted molar refractivity (Wildman–Crippen MR) is 99.2 cm³/mol. The molecular formula is C15H12Br2ClN3O2. The number of phenolic OH excluding ortho intramolecular Hbond substituents is 1. The first-order valence-electron chi connectivity index (χ1n) is 6.45. The summed E-state index contributed by atoms with van der Waals surface area (Å²) in [6, 6.07) is 10.5. The molecular weight excluding hydrogens is 449 g/mol. The largest absolute Gasteiger partial charge is 0.506 e. The van der Waals surface area contributed by atoms with Gasteiger partial charge in [0.1, 0.15) is 5.75 Å².